The number of sulfonamides is 1. The van der Waals surface area contributed by atoms with Crippen molar-refractivity contribution in [3.63, 3.8) is 0 Å². The van der Waals surface area contributed by atoms with E-state index in [2.05, 4.69) is 4.98 Å². The van der Waals surface area contributed by atoms with Crippen LogP contribution < -0.4 is 4.90 Å². The molecule has 11 heteroatoms. The summed E-state index contributed by atoms with van der Waals surface area (Å²) in [5, 5.41) is 0.462. The molecule has 0 saturated heterocycles. The van der Waals surface area contributed by atoms with E-state index in [0.29, 0.717) is 40.5 Å². The molecule has 0 aliphatic rings. The Kier molecular flexibility index (Phi) is 9.97. The van der Waals surface area contributed by atoms with Crippen molar-refractivity contribution in [1.82, 2.24) is 14.2 Å². The highest BCUT2D eigenvalue weighted by Gasteiger charge is 2.25. The van der Waals surface area contributed by atoms with E-state index in [9.17, 15) is 17.6 Å². The van der Waals surface area contributed by atoms with E-state index >= 15 is 0 Å². The Bertz CT molecular complexity index is 1480. The highest BCUT2D eigenvalue weighted by atomic mass is 35.5. The van der Waals surface area contributed by atoms with Gasteiger partial charge in [-0.05, 0) is 62.1 Å². The third-order valence-electron chi connectivity index (χ3n) is 5.88. The first kappa shape index (κ1) is 29.7. The minimum absolute atomic E-state index is 0. The van der Waals surface area contributed by atoms with Crippen LogP contribution >= 0.6 is 23.7 Å². The lowest BCUT2D eigenvalue weighted by molar-refractivity contribution is 0.0985. The SMILES string of the molecule is CCN(Cc1ccccc1)S(=O)(=O)c1ccc(C(=O)N(CCN(C)C)c2nc3ccc(F)cc3s2)cc1.Cl. The minimum atomic E-state index is -3.75. The highest BCUT2D eigenvalue weighted by Crippen LogP contribution is 2.30. The van der Waals surface area contributed by atoms with Gasteiger partial charge in [0.15, 0.2) is 5.13 Å². The van der Waals surface area contributed by atoms with E-state index in [4.69, 9.17) is 0 Å². The molecule has 0 spiro atoms. The Morgan fingerprint density at radius 2 is 1.66 bits per heavy atom. The van der Waals surface area contributed by atoms with Gasteiger partial charge in [-0.2, -0.15) is 4.31 Å². The van der Waals surface area contributed by atoms with Crippen LogP contribution in [0.1, 0.15) is 22.8 Å². The molecule has 0 N–H and O–H groups in total. The molecule has 0 radical (unpaired) electrons. The van der Waals surface area contributed by atoms with Crippen LogP contribution in [-0.4, -0.2) is 62.2 Å². The Morgan fingerprint density at radius 1 is 0.974 bits per heavy atom. The molecule has 7 nitrogen and oxygen atoms in total. The van der Waals surface area contributed by atoms with Gasteiger partial charge in [0, 0.05) is 31.7 Å². The number of rotatable bonds is 10. The van der Waals surface area contributed by atoms with Gasteiger partial charge in [0.2, 0.25) is 10.0 Å². The van der Waals surface area contributed by atoms with Crippen molar-refractivity contribution in [2.45, 2.75) is 18.4 Å². The van der Waals surface area contributed by atoms with Crippen LogP contribution in [0.25, 0.3) is 10.2 Å². The monoisotopic (exact) mass is 576 g/mol. The molecular formula is C27H30ClFN4O3S2. The smallest absolute Gasteiger partial charge is 0.260 e. The number of amides is 1. The molecule has 0 aliphatic carbocycles. The highest BCUT2D eigenvalue weighted by molar-refractivity contribution is 7.89. The number of benzene rings is 3. The fourth-order valence-electron chi connectivity index (χ4n) is 3.81. The van der Waals surface area contributed by atoms with Crippen molar-refractivity contribution in [1.29, 1.82) is 0 Å². The summed E-state index contributed by atoms with van der Waals surface area (Å²) in [6.45, 7) is 3.33. The summed E-state index contributed by atoms with van der Waals surface area (Å²) >= 11 is 1.24. The Morgan fingerprint density at radius 3 is 2.29 bits per heavy atom. The molecule has 1 heterocycles. The minimum Gasteiger partial charge on any atom is -0.308 e. The van der Waals surface area contributed by atoms with Gasteiger partial charge in [0.05, 0.1) is 15.1 Å². The van der Waals surface area contributed by atoms with Gasteiger partial charge >= 0.3 is 0 Å². The third-order valence-corrected chi connectivity index (χ3v) is 8.86. The first-order valence-corrected chi connectivity index (χ1v) is 14.1. The van der Waals surface area contributed by atoms with E-state index < -0.39 is 10.0 Å². The van der Waals surface area contributed by atoms with Gasteiger partial charge in [-0.15, -0.1) is 12.4 Å². The number of thiazole rings is 1. The van der Waals surface area contributed by atoms with Crippen LogP contribution in [0.15, 0.2) is 77.7 Å². The molecule has 0 atom stereocenters. The van der Waals surface area contributed by atoms with Crippen LogP contribution in [0.4, 0.5) is 9.52 Å². The first-order chi connectivity index (χ1) is 17.7. The van der Waals surface area contributed by atoms with Gasteiger partial charge < -0.3 is 4.90 Å². The van der Waals surface area contributed by atoms with E-state index in [0.717, 1.165) is 5.56 Å². The Hall–Kier alpha value is -2.89. The van der Waals surface area contributed by atoms with Crippen molar-refractivity contribution in [3.8, 4) is 0 Å². The molecule has 1 aromatic heterocycles. The maximum absolute atomic E-state index is 13.7. The van der Waals surface area contributed by atoms with Crippen molar-refractivity contribution in [3.05, 3.63) is 89.7 Å². The number of likely N-dealkylation sites (N-methyl/N-ethyl adjacent to an activating group) is 1. The fourth-order valence-corrected chi connectivity index (χ4v) is 6.27. The lowest BCUT2D eigenvalue weighted by Crippen LogP contribution is -2.36. The van der Waals surface area contributed by atoms with E-state index in [1.54, 1.807) is 17.9 Å². The van der Waals surface area contributed by atoms with Gasteiger partial charge in [0.25, 0.3) is 5.91 Å². The lowest BCUT2D eigenvalue weighted by Gasteiger charge is -2.23. The summed E-state index contributed by atoms with van der Waals surface area (Å²) in [6.07, 6.45) is 0. The average molecular weight is 577 g/mol. The molecule has 0 saturated carbocycles. The topological polar surface area (TPSA) is 73.8 Å². The molecule has 38 heavy (non-hydrogen) atoms. The zero-order valence-corrected chi connectivity index (χ0v) is 23.8. The summed E-state index contributed by atoms with van der Waals surface area (Å²) in [5.74, 6) is -0.666. The second-order valence-electron chi connectivity index (χ2n) is 8.81. The first-order valence-electron chi connectivity index (χ1n) is 11.9. The summed E-state index contributed by atoms with van der Waals surface area (Å²) in [4.78, 5) is 21.7. The maximum Gasteiger partial charge on any atom is 0.260 e. The van der Waals surface area contributed by atoms with E-state index in [1.165, 1.54) is 52.0 Å². The Labute approximate surface area is 233 Å². The maximum atomic E-state index is 13.7. The standard InChI is InChI=1S/C27H29FN4O3S2.ClH/c1-4-31(19-20-8-6-5-7-9-20)37(34,35)23-13-10-21(11-14-23)26(33)32(17-16-30(2)3)27-29-24-15-12-22(28)18-25(24)36-27;/h5-15,18H,4,16-17,19H2,1-3H3;1H. The number of anilines is 1. The van der Waals surface area contributed by atoms with E-state index in [-0.39, 0.29) is 35.6 Å². The number of nitrogens with zero attached hydrogens (tertiary/aromatic N) is 4. The number of aromatic nitrogens is 1. The summed E-state index contributed by atoms with van der Waals surface area (Å²) in [7, 11) is 0.0643. The number of carbonyl (C=O) groups excluding carboxylic acids is 1. The molecule has 3 aromatic carbocycles. The van der Waals surface area contributed by atoms with Gasteiger partial charge in [-0.1, -0.05) is 48.6 Å². The molecule has 0 unspecified atom stereocenters. The van der Waals surface area contributed by atoms with Gasteiger partial charge in [-0.25, -0.2) is 17.8 Å². The predicted octanol–water partition coefficient (Wildman–Crippen LogP) is 5.28. The summed E-state index contributed by atoms with van der Waals surface area (Å²) in [5.41, 5.74) is 1.85. The third kappa shape index (κ3) is 6.75. The van der Waals surface area contributed by atoms with Crippen LogP contribution in [0, 0.1) is 5.82 Å². The van der Waals surface area contributed by atoms with Crippen LogP contribution in [-0.2, 0) is 16.6 Å². The molecule has 4 aromatic rings. The molecule has 0 bridgehead atoms. The zero-order chi connectivity index (χ0) is 26.6. The van der Waals surface area contributed by atoms with Gasteiger partial charge in [0.1, 0.15) is 5.82 Å². The number of fused-ring (bicyclic) bond motifs is 1. The van der Waals surface area contributed by atoms with Gasteiger partial charge in [-0.3, -0.25) is 9.69 Å². The molecule has 4 rings (SSSR count). The predicted molar refractivity (Wildman–Crippen MR) is 153 cm³/mol. The molecule has 202 valence electrons. The van der Waals surface area contributed by atoms with Crippen molar-refractivity contribution >= 4 is 55.0 Å². The van der Waals surface area contributed by atoms with Crippen molar-refractivity contribution < 1.29 is 17.6 Å². The average Bonchev–Trinajstić information content (AvgIpc) is 3.30. The number of hydrogen-bond acceptors (Lipinski definition) is 6. The molecular weight excluding hydrogens is 547 g/mol. The number of hydrogen-bond donors (Lipinski definition) is 0. The van der Waals surface area contributed by atoms with Crippen LogP contribution in [0.5, 0.6) is 0 Å². The molecule has 1 amide bonds. The zero-order valence-electron chi connectivity index (χ0n) is 21.4. The normalized spacial score (nSPS) is 11.6. The van der Waals surface area contributed by atoms with E-state index in [1.807, 2.05) is 49.3 Å². The van der Waals surface area contributed by atoms with Crippen LogP contribution in [0.2, 0.25) is 0 Å². The number of halogens is 2. The van der Waals surface area contributed by atoms with Crippen molar-refractivity contribution in [2.24, 2.45) is 0 Å². The number of carbonyl (C=O) groups is 1. The Balaban J connectivity index is 0.00000400. The van der Waals surface area contributed by atoms with Crippen LogP contribution in [0.3, 0.4) is 0 Å². The summed E-state index contributed by atoms with van der Waals surface area (Å²) < 4.78 is 42.3. The second kappa shape index (κ2) is 12.8. The second-order valence-corrected chi connectivity index (χ2v) is 11.8. The molecule has 0 aliphatic heterocycles. The largest absolute Gasteiger partial charge is 0.308 e. The molecule has 0 fully saturated rings. The lowest BCUT2D eigenvalue weighted by atomic mass is 10.2. The fraction of sp³-hybridized carbons (Fsp3) is 0.259. The quantitative estimate of drug-likeness (QED) is 0.257. The summed E-state index contributed by atoms with van der Waals surface area (Å²) in [6, 6.07) is 19.7. The van der Waals surface area contributed by atoms with Crippen molar-refractivity contribution in [2.75, 3.05) is 38.6 Å².